The minimum absolute atomic E-state index is 0.321. The first-order chi connectivity index (χ1) is 14.2. The van der Waals surface area contributed by atoms with Crippen LogP contribution in [0.2, 0.25) is 0 Å². The lowest BCUT2D eigenvalue weighted by molar-refractivity contribution is 0.354. The van der Waals surface area contributed by atoms with Gasteiger partial charge in [-0.25, -0.2) is 0 Å². The first-order valence-corrected chi connectivity index (χ1v) is 10.3. The maximum Gasteiger partial charge on any atom is 0.161 e. The summed E-state index contributed by atoms with van der Waals surface area (Å²) in [5, 5.41) is 2.68. The lowest BCUT2D eigenvalue weighted by Crippen LogP contribution is -2.14. The molecule has 0 bridgehead atoms. The highest BCUT2D eigenvalue weighted by Crippen LogP contribution is 2.49. The molecule has 2 aliphatic rings. The highest BCUT2D eigenvalue weighted by atomic mass is 16.5. The summed E-state index contributed by atoms with van der Waals surface area (Å²) in [4.78, 5) is 0. The second-order valence-electron chi connectivity index (χ2n) is 8.08. The van der Waals surface area contributed by atoms with Gasteiger partial charge in [0.2, 0.25) is 0 Å². The van der Waals surface area contributed by atoms with Crippen LogP contribution in [0.4, 0.5) is 0 Å². The minimum Gasteiger partial charge on any atom is -0.493 e. The summed E-state index contributed by atoms with van der Waals surface area (Å²) < 4.78 is 11.1. The number of fused-ring (bicyclic) bond motifs is 4. The summed E-state index contributed by atoms with van der Waals surface area (Å²) in [5.74, 6) is 1.90. The van der Waals surface area contributed by atoms with Gasteiger partial charge in [0, 0.05) is 5.92 Å². The summed E-state index contributed by atoms with van der Waals surface area (Å²) in [7, 11) is 3.40. The molecular weight excluding hydrogens is 356 g/mol. The zero-order valence-electron chi connectivity index (χ0n) is 17.3. The second kappa shape index (κ2) is 7.11. The Morgan fingerprint density at radius 1 is 0.897 bits per heavy atom. The number of rotatable bonds is 3. The minimum atomic E-state index is 0.321. The van der Waals surface area contributed by atoms with Gasteiger partial charge in [-0.3, -0.25) is 0 Å². The standard InChI is InChI=1S/C27H26O2/c1-17-8-11-22-19(14-17)9-12-23-21-7-5-4-6-18(21)15-24(27(22)23)20-10-13-25(28-2)26(16-20)29-3/h5,7-14,16,24H,4,6,15H2,1-3H3. The van der Waals surface area contributed by atoms with Gasteiger partial charge in [-0.15, -0.1) is 0 Å². The SMILES string of the molecule is COc1ccc(C2CC3=C(C=CCC3)c3ccc4cc(C)ccc4c32)cc1OC. The molecule has 5 rings (SSSR count). The number of ether oxygens (including phenoxy) is 2. The maximum absolute atomic E-state index is 5.62. The zero-order chi connectivity index (χ0) is 20.0. The number of methoxy groups -OCH3 is 2. The van der Waals surface area contributed by atoms with Gasteiger partial charge in [0.25, 0.3) is 0 Å². The Bertz CT molecular complexity index is 1170. The molecule has 0 saturated heterocycles. The van der Waals surface area contributed by atoms with E-state index in [-0.39, 0.29) is 0 Å². The van der Waals surface area contributed by atoms with Crippen LogP contribution in [0.15, 0.2) is 66.3 Å². The summed E-state index contributed by atoms with van der Waals surface area (Å²) in [6.07, 6.45) is 8.01. The van der Waals surface area contributed by atoms with E-state index in [9.17, 15) is 0 Å². The average molecular weight is 383 g/mol. The van der Waals surface area contributed by atoms with Crippen LogP contribution >= 0.6 is 0 Å². The fourth-order valence-corrected chi connectivity index (χ4v) is 4.99. The Morgan fingerprint density at radius 3 is 2.59 bits per heavy atom. The van der Waals surface area contributed by atoms with Gasteiger partial charge in [0.05, 0.1) is 14.2 Å². The largest absolute Gasteiger partial charge is 0.493 e. The molecule has 0 aromatic heterocycles. The molecule has 3 aromatic carbocycles. The third-order valence-electron chi connectivity index (χ3n) is 6.39. The molecule has 1 unspecified atom stereocenters. The van der Waals surface area contributed by atoms with E-state index >= 15 is 0 Å². The van der Waals surface area contributed by atoms with Crippen molar-refractivity contribution in [3.05, 3.63) is 88.5 Å². The zero-order valence-corrected chi connectivity index (χ0v) is 17.3. The molecular formula is C27H26O2. The number of hydrogen-bond acceptors (Lipinski definition) is 2. The lowest BCUT2D eigenvalue weighted by atomic mass is 9.71. The molecule has 0 amide bonds. The first-order valence-electron chi connectivity index (χ1n) is 10.3. The van der Waals surface area contributed by atoms with Crippen molar-refractivity contribution in [3.8, 4) is 11.5 Å². The monoisotopic (exact) mass is 382 g/mol. The van der Waals surface area contributed by atoms with Crippen molar-refractivity contribution in [2.24, 2.45) is 0 Å². The van der Waals surface area contributed by atoms with E-state index in [0.29, 0.717) is 5.92 Å². The van der Waals surface area contributed by atoms with Crippen molar-refractivity contribution >= 4 is 16.3 Å². The Labute approximate surface area is 172 Å². The molecule has 0 aliphatic heterocycles. The molecule has 0 radical (unpaired) electrons. The van der Waals surface area contributed by atoms with Crippen molar-refractivity contribution in [1.29, 1.82) is 0 Å². The van der Waals surface area contributed by atoms with Gasteiger partial charge < -0.3 is 9.47 Å². The number of hydrogen-bond donors (Lipinski definition) is 0. The number of benzene rings is 3. The fourth-order valence-electron chi connectivity index (χ4n) is 4.99. The van der Waals surface area contributed by atoms with E-state index in [2.05, 4.69) is 61.5 Å². The third kappa shape index (κ3) is 2.95. The van der Waals surface area contributed by atoms with Crippen LogP contribution in [-0.4, -0.2) is 14.2 Å². The Balaban J connectivity index is 1.76. The predicted molar refractivity (Wildman–Crippen MR) is 120 cm³/mol. The molecule has 29 heavy (non-hydrogen) atoms. The summed E-state index contributed by atoms with van der Waals surface area (Å²) in [6.45, 7) is 2.16. The van der Waals surface area contributed by atoms with E-state index in [1.54, 1.807) is 19.8 Å². The number of allylic oxidation sites excluding steroid dienone is 4. The summed E-state index contributed by atoms with van der Waals surface area (Å²) in [5.41, 5.74) is 8.43. The predicted octanol–water partition coefficient (Wildman–Crippen LogP) is 6.80. The summed E-state index contributed by atoms with van der Waals surface area (Å²) in [6, 6.07) is 17.8. The summed E-state index contributed by atoms with van der Waals surface area (Å²) >= 11 is 0. The van der Waals surface area contributed by atoms with Crippen LogP contribution in [0.25, 0.3) is 16.3 Å². The third-order valence-corrected chi connectivity index (χ3v) is 6.39. The molecule has 2 heteroatoms. The van der Waals surface area contributed by atoms with Crippen LogP contribution in [0.3, 0.4) is 0 Å². The highest BCUT2D eigenvalue weighted by molar-refractivity contribution is 5.95. The molecule has 0 saturated carbocycles. The average Bonchev–Trinajstić information content (AvgIpc) is 2.77. The second-order valence-corrected chi connectivity index (χ2v) is 8.08. The molecule has 0 spiro atoms. The van der Waals surface area contributed by atoms with Gasteiger partial charge in [-0.1, -0.05) is 59.7 Å². The normalized spacial score (nSPS) is 17.8. The molecule has 0 fully saturated rings. The first kappa shape index (κ1) is 18.1. The number of aryl methyl sites for hydroxylation is 1. The fraction of sp³-hybridized carbons (Fsp3) is 0.259. The smallest absolute Gasteiger partial charge is 0.161 e. The molecule has 146 valence electrons. The Hall–Kier alpha value is -3.00. The van der Waals surface area contributed by atoms with E-state index in [0.717, 1.165) is 30.8 Å². The highest BCUT2D eigenvalue weighted by Gasteiger charge is 2.29. The quantitative estimate of drug-likeness (QED) is 0.496. The molecule has 2 aliphatic carbocycles. The molecule has 3 aromatic rings. The van der Waals surface area contributed by atoms with Gasteiger partial charge in [0.1, 0.15) is 0 Å². The van der Waals surface area contributed by atoms with E-state index in [4.69, 9.17) is 9.47 Å². The topological polar surface area (TPSA) is 18.5 Å². The van der Waals surface area contributed by atoms with Crippen LogP contribution in [0, 0.1) is 6.92 Å². The van der Waals surface area contributed by atoms with E-state index in [1.807, 2.05) is 6.07 Å². The maximum atomic E-state index is 5.62. The van der Waals surface area contributed by atoms with Crippen LogP contribution in [-0.2, 0) is 0 Å². The molecule has 1 atom stereocenters. The van der Waals surface area contributed by atoms with E-state index in [1.165, 1.54) is 38.6 Å². The van der Waals surface area contributed by atoms with Gasteiger partial charge in [-0.05, 0) is 71.4 Å². The van der Waals surface area contributed by atoms with Crippen molar-refractivity contribution in [3.63, 3.8) is 0 Å². The molecule has 0 N–H and O–H groups in total. The molecule has 0 heterocycles. The van der Waals surface area contributed by atoms with Crippen LogP contribution in [0.5, 0.6) is 11.5 Å². The Morgan fingerprint density at radius 2 is 1.76 bits per heavy atom. The van der Waals surface area contributed by atoms with Gasteiger partial charge in [0.15, 0.2) is 11.5 Å². The van der Waals surface area contributed by atoms with Crippen molar-refractivity contribution < 1.29 is 9.47 Å². The van der Waals surface area contributed by atoms with E-state index < -0.39 is 0 Å². The molecule has 2 nitrogen and oxygen atoms in total. The van der Waals surface area contributed by atoms with Gasteiger partial charge in [-0.2, -0.15) is 0 Å². The Kier molecular flexibility index (Phi) is 4.43. The lowest BCUT2D eigenvalue weighted by Gasteiger charge is -2.32. The van der Waals surface area contributed by atoms with Crippen molar-refractivity contribution in [2.45, 2.75) is 32.1 Å². The van der Waals surface area contributed by atoms with Gasteiger partial charge >= 0.3 is 0 Å². The van der Waals surface area contributed by atoms with Crippen LogP contribution in [0.1, 0.15) is 47.4 Å². The van der Waals surface area contributed by atoms with Crippen molar-refractivity contribution in [1.82, 2.24) is 0 Å². The van der Waals surface area contributed by atoms with Crippen LogP contribution < -0.4 is 9.47 Å². The van der Waals surface area contributed by atoms with Crippen molar-refractivity contribution in [2.75, 3.05) is 14.2 Å².